The normalized spacial score (nSPS) is 10.4. The Labute approximate surface area is 144 Å². The van der Waals surface area contributed by atoms with Crippen molar-refractivity contribution in [2.24, 2.45) is 7.05 Å². The highest BCUT2D eigenvalue weighted by molar-refractivity contribution is 6.30. The second-order valence-corrected chi connectivity index (χ2v) is 5.70. The Balaban J connectivity index is 1.58. The van der Waals surface area contributed by atoms with E-state index in [1.807, 2.05) is 24.3 Å². The fraction of sp³-hybridized carbons (Fsp3) is 0.111. The van der Waals surface area contributed by atoms with Gasteiger partial charge in [0.1, 0.15) is 12.4 Å². The Morgan fingerprint density at radius 3 is 2.46 bits per heavy atom. The van der Waals surface area contributed by atoms with Crippen molar-refractivity contribution >= 4 is 23.3 Å². The van der Waals surface area contributed by atoms with E-state index >= 15 is 0 Å². The van der Waals surface area contributed by atoms with Crippen LogP contribution in [0.15, 0.2) is 60.8 Å². The summed E-state index contributed by atoms with van der Waals surface area (Å²) in [6, 6.07) is 16.2. The van der Waals surface area contributed by atoms with Crippen LogP contribution in [0.2, 0.25) is 5.02 Å². The fourth-order valence-electron chi connectivity index (χ4n) is 2.12. The number of halogens is 1. The molecule has 122 valence electrons. The number of amides is 1. The molecule has 0 aliphatic carbocycles. The third-order valence-electron chi connectivity index (χ3n) is 3.39. The minimum atomic E-state index is -0.195. The number of aromatic nitrogens is 2. The van der Waals surface area contributed by atoms with Crippen LogP contribution in [0.3, 0.4) is 0 Å². The smallest absolute Gasteiger partial charge is 0.256 e. The minimum Gasteiger partial charge on any atom is -0.489 e. The van der Waals surface area contributed by atoms with Crippen molar-refractivity contribution < 1.29 is 9.53 Å². The van der Waals surface area contributed by atoms with Crippen LogP contribution >= 0.6 is 11.6 Å². The molecule has 0 aliphatic rings. The monoisotopic (exact) mass is 341 g/mol. The summed E-state index contributed by atoms with van der Waals surface area (Å²) >= 11 is 5.84. The number of nitrogens with zero attached hydrogens (tertiary/aromatic N) is 2. The minimum absolute atomic E-state index is 0.195. The molecule has 3 aromatic rings. The maximum absolute atomic E-state index is 12.1. The van der Waals surface area contributed by atoms with Gasteiger partial charge in [-0.1, -0.05) is 23.7 Å². The molecule has 0 fully saturated rings. The molecular formula is C18H16ClN3O2. The first kappa shape index (κ1) is 16.1. The van der Waals surface area contributed by atoms with Crippen LogP contribution in [-0.2, 0) is 13.7 Å². The van der Waals surface area contributed by atoms with Crippen molar-refractivity contribution in [3.05, 3.63) is 76.9 Å². The molecular weight excluding hydrogens is 326 g/mol. The lowest BCUT2D eigenvalue weighted by Gasteiger charge is -2.07. The third-order valence-corrected chi connectivity index (χ3v) is 3.64. The SMILES string of the molecule is Cn1ccc(NC(=O)c2ccc(COc3ccc(Cl)cc3)cc2)n1. The largest absolute Gasteiger partial charge is 0.489 e. The maximum Gasteiger partial charge on any atom is 0.256 e. The van der Waals surface area contributed by atoms with Crippen molar-refractivity contribution in [2.75, 3.05) is 5.32 Å². The molecule has 2 aromatic carbocycles. The average molecular weight is 342 g/mol. The van der Waals surface area contributed by atoms with E-state index < -0.39 is 0 Å². The van der Waals surface area contributed by atoms with E-state index in [0.717, 1.165) is 11.3 Å². The lowest BCUT2D eigenvalue weighted by molar-refractivity contribution is 0.102. The predicted octanol–water partition coefficient (Wildman–Crippen LogP) is 3.90. The van der Waals surface area contributed by atoms with Gasteiger partial charge in [-0.25, -0.2) is 0 Å². The van der Waals surface area contributed by atoms with Crippen LogP contribution in [0, 0.1) is 0 Å². The Bertz CT molecular complexity index is 826. The lowest BCUT2D eigenvalue weighted by Crippen LogP contribution is -2.12. The van der Waals surface area contributed by atoms with E-state index in [-0.39, 0.29) is 5.91 Å². The summed E-state index contributed by atoms with van der Waals surface area (Å²) in [5.41, 5.74) is 1.54. The Morgan fingerprint density at radius 1 is 1.12 bits per heavy atom. The second kappa shape index (κ2) is 7.19. The number of ether oxygens (including phenoxy) is 1. The molecule has 0 spiro atoms. The molecule has 1 aromatic heterocycles. The van der Waals surface area contributed by atoms with Gasteiger partial charge >= 0.3 is 0 Å². The van der Waals surface area contributed by atoms with Gasteiger partial charge in [0.05, 0.1) is 0 Å². The van der Waals surface area contributed by atoms with Crippen LogP contribution in [0.1, 0.15) is 15.9 Å². The molecule has 6 heteroatoms. The summed E-state index contributed by atoms with van der Waals surface area (Å²) in [5, 5.41) is 7.54. The number of aryl methyl sites for hydroxylation is 1. The number of hydrogen-bond donors (Lipinski definition) is 1. The maximum atomic E-state index is 12.1. The number of nitrogens with one attached hydrogen (secondary N) is 1. The summed E-state index contributed by atoms with van der Waals surface area (Å²) in [6.45, 7) is 0.420. The second-order valence-electron chi connectivity index (χ2n) is 5.27. The van der Waals surface area contributed by atoms with E-state index in [1.54, 1.807) is 48.3 Å². The van der Waals surface area contributed by atoms with Gasteiger partial charge in [-0.3, -0.25) is 9.48 Å². The van der Waals surface area contributed by atoms with Crippen molar-refractivity contribution in [2.45, 2.75) is 6.61 Å². The predicted molar refractivity (Wildman–Crippen MR) is 93.4 cm³/mol. The van der Waals surface area contributed by atoms with Gasteiger partial charge in [-0.2, -0.15) is 5.10 Å². The van der Waals surface area contributed by atoms with Crippen molar-refractivity contribution in [1.82, 2.24) is 9.78 Å². The van der Waals surface area contributed by atoms with Crippen molar-refractivity contribution in [3.8, 4) is 5.75 Å². The summed E-state index contributed by atoms with van der Waals surface area (Å²) in [7, 11) is 1.80. The van der Waals surface area contributed by atoms with E-state index in [2.05, 4.69) is 10.4 Å². The van der Waals surface area contributed by atoms with Crippen LogP contribution < -0.4 is 10.1 Å². The van der Waals surface area contributed by atoms with Gasteiger partial charge in [0, 0.05) is 29.9 Å². The highest BCUT2D eigenvalue weighted by Crippen LogP contribution is 2.17. The van der Waals surface area contributed by atoms with Gasteiger partial charge in [-0.15, -0.1) is 0 Å². The highest BCUT2D eigenvalue weighted by atomic mass is 35.5. The Kier molecular flexibility index (Phi) is 4.82. The molecule has 24 heavy (non-hydrogen) atoms. The van der Waals surface area contributed by atoms with E-state index in [9.17, 15) is 4.79 Å². The van der Waals surface area contributed by atoms with E-state index in [0.29, 0.717) is 23.0 Å². The average Bonchev–Trinajstić information content (AvgIpc) is 2.99. The summed E-state index contributed by atoms with van der Waals surface area (Å²) in [5.74, 6) is 1.08. The number of anilines is 1. The standard InChI is InChI=1S/C18H16ClN3O2/c1-22-11-10-17(21-22)20-18(23)14-4-2-13(3-5-14)12-24-16-8-6-15(19)7-9-16/h2-11H,12H2,1H3,(H,20,21,23). The molecule has 0 atom stereocenters. The quantitative estimate of drug-likeness (QED) is 0.765. The first-order chi connectivity index (χ1) is 11.6. The van der Waals surface area contributed by atoms with Gasteiger partial charge in [0.2, 0.25) is 0 Å². The molecule has 0 aliphatic heterocycles. The van der Waals surface area contributed by atoms with Gasteiger partial charge < -0.3 is 10.1 Å². The van der Waals surface area contributed by atoms with Crippen molar-refractivity contribution in [1.29, 1.82) is 0 Å². The Hall–Kier alpha value is -2.79. The fourth-order valence-corrected chi connectivity index (χ4v) is 2.25. The molecule has 0 saturated carbocycles. The van der Waals surface area contributed by atoms with Crippen LogP contribution in [0.5, 0.6) is 5.75 Å². The van der Waals surface area contributed by atoms with Gasteiger partial charge in [0.15, 0.2) is 5.82 Å². The molecule has 5 nitrogen and oxygen atoms in total. The topological polar surface area (TPSA) is 56.2 Å². The van der Waals surface area contributed by atoms with Crippen LogP contribution in [0.4, 0.5) is 5.82 Å². The molecule has 0 saturated heterocycles. The third kappa shape index (κ3) is 4.14. The van der Waals surface area contributed by atoms with Crippen LogP contribution in [-0.4, -0.2) is 15.7 Å². The molecule has 0 bridgehead atoms. The molecule has 0 radical (unpaired) electrons. The summed E-state index contributed by atoms with van der Waals surface area (Å²) in [6.07, 6.45) is 1.77. The molecule has 1 N–H and O–H groups in total. The van der Waals surface area contributed by atoms with Gasteiger partial charge in [0.25, 0.3) is 5.91 Å². The van der Waals surface area contributed by atoms with Crippen LogP contribution in [0.25, 0.3) is 0 Å². The van der Waals surface area contributed by atoms with Crippen molar-refractivity contribution in [3.63, 3.8) is 0 Å². The molecule has 1 amide bonds. The Morgan fingerprint density at radius 2 is 1.83 bits per heavy atom. The molecule has 1 heterocycles. The zero-order valence-electron chi connectivity index (χ0n) is 13.1. The number of carbonyl (C=O) groups excluding carboxylic acids is 1. The number of hydrogen-bond acceptors (Lipinski definition) is 3. The van der Waals surface area contributed by atoms with Gasteiger partial charge in [-0.05, 0) is 42.0 Å². The first-order valence-electron chi connectivity index (χ1n) is 7.38. The summed E-state index contributed by atoms with van der Waals surface area (Å²) < 4.78 is 7.31. The summed E-state index contributed by atoms with van der Waals surface area (Å²) in [4.78, 5) is 12.1. The lowest BCUT2D eigenvalue weighted by atomic mass is 10.1. The number of rotatable bonds is 5. The highest BCUT2D eigenvalue weighted by Gasteiger charge is 2.07. The van der Waals surface area contributed by atoms with E-state index in [4.69, 9.17) is 16.3 Å². The number of carbonyl (C=O) groups is 1. The first-order valence-corrected chi connectivity index (χ1v) is 7.76. The molecule has 0 unspecified atom stereocenters. The zero-order valence-corrected chi connectivity index (χ0v) is 13.8. The number of benzene rings is 2. The zero-order chi connectivity index (χ0) is 16.9. The molecule has 3 rings (SSSR count). The van der Waals surface area contributed by atoms with E-state index in [1.165, 1.54) is 0 Å².